The van der Waals surface area contributed by atoms with Crippen molar-refractivity contribution in [1.29, 1.82) is 0 Å². The first-order valence-electron chi connectivity index (χ1n) is 8.24. The van der Waals surface area contributed by atoms with E-state index in [4.69, 9.17) is 16.3 Å². The molecule has 2 heterocycles. The summed E-state index contributed by atoms with van der Waals surface area (Å²) in [5.41, 5.74) is 1.81. The van der Waals surface area contributed by atoms with Crippen molar-refractivity contribution in [3.05, 3.63) is 28.8 Å². The van der Waals surface area contributed by atoms with Gasteiger partial charge in [-0.15, -0.1) is 0 Å². The van der Waals surface area contributed by atoms with E-state index in [9.17, 15) is 4.79 Å². The molecule has 0 aliphatic carbocycles. The molecule has 3 rings (SSSR count). The molecule has 1 atom stereocenters. The molecule has 5 nitrogen and oxygen atoms in total. The van der Waals surface area contributed by atoms with Gasteiger partial charge in [0.2, 0.25) is 0 Å². The van der Waals surface area contributed by atoms with Crippen molar-refractivity contribution in [3.63, 3.8) is 0 Å². The molecular formula is C17H24ClN3O2. The Kier molecular flexibility index (Phi) is 5.41. The zero-order chi connectivity index (χ0) is 16.2. The van der Waals surface area contributed by atoms with E-state index in [0.29, 0.717) is 10.9 Å². The molecule has 2 aliphatic heterocycles. The van der Waals surface area contributed by atoms with Gasteiger partial charge in [-0.2, -0.15) is 0 Å². The molecule has 0 bridgehead atoms. The summed E-state index contributed by atoms with van der Waals surface area (Å²) in [4.78, 5) is 16.8. The number of benzene rings is 1. The first-order chi connectivity index (χ1) is 11.1. The predicted molar refractivity (Wildman–Crippen MR) is 92.1 cm³/mol. The predicted octanol–water partition coefficient (Wildman–Crippen LogP) is 2.83. The maximum Gasteiger partial charge on any atom is 0.321 e. The number of morpholine rings is 1. The minimum Gasteiger partial charge on any atom is -0.379 e. The first kappa shape index (κ1) is 16.6. The Labute approximate surface area is 142 Å². The normalized spacial score (nSPS) is 22.3. The summed E-state index contributed by atoms with van der Waals surface area (Å²) in [5.74, 6) is 0.555. The third-order valence-electron chi connectivity index (χ3n) is 4.63. The number of anilines is 1. The number of urea groups is 1. The van der Waals surface area contributed by atoms with Gasteiger partial charge in [0.25, 0.3) is 0 Å². The van der Waals surface area contributed by atoms with Crippen LogP contribution >= 0.6 is 11.6 Å². The average molecular weight is 338 g/mol. The summed E-state index contributed by atoms with van der Waals surface area (Å²) < 4.78 is 5.38. The van der Waals surface area contributed by atoms with Gasteiger partial charge in [0.05, 0.1) is 13.2 Å². The number of aryl methyl sites for hydroxylation is 1. The molecule has 0 saturated carbocycles. The summed E-state index contributed by atoms with van der Waals surface area (Å²) in [5, 5.41) is 3.62. The van der Waals surface area contributed by atoms with Crippen LogP contribution in [0.3, 0.4) is 0 Å². The van der Waals surface area contributed by atoms with Gasteiger partial charge in [-0.3, -0.25) is 4.90 Å². The quantitative estimate of drug-likeness (QED) is 0.922. The van der Waals surface area contributed by atoms with Gasteiger partial charge in [-0.25, -0.2) is 4.79 Å². The van der Waals surface area contributed by atoms with Crippen molar-refractivity contribution in [2.24, 2.45) is 5.92 Å². The summed E-state index contributed by atoms with van der Waals surface area (Å²) in [7, 11) is 0. The summed E-state index contributed by atoms with van der Waals surface area (Å²) in [6.45, 7) is 8.33. The molecular weight excluding hydrogens is 314 g/mol. The number of likely N-dealkylation sites (tertiary alicyclic amines) is 1. The molecule has 1 aromatic rings. The van der Waals surface area contributed by atoms with Gasteiger partial charge in [-0.1, -0.05) is 17.7 Å². The number of hydrogen-bond acceptors (Lipinski definition) is 3. The summed E-state index contributed by atoms with van der Waals surface area (Å²) in [6.07, 6.45) is 1.07. The fourth-order valence-electron chi connectivity index (χ4n) is 3.24. The SMILES string of the molecule is Cc1ccc(Cl)cc1NC(=O)N1CC[C@H](CN2CCOCC2)C1. The lowest BCUT2D eigenvalue weighted by Gasteiger charge is -2.29. The highest BCUT2D eigenvalue weighted by Crippen LogP contribution is 2.23. The van der Waals surface area contributed by atoms with Crippen LogP contribution in [0.2, 0.25) is 5.02 Å². The van der Waals surface area contributed by atoms with Crippen molar-refractivity contribution in [3.8, 4) is 0 Å². The third kappa shape index (κ3) is 4.37. The molecule has 1 N–H and O–H groups in total. The molecule has 2 fully saturated rings. The molecule has 2 saturated heterocycles. The van der Waals surface area contributed by atoms with Crippen molar-refractivity contribution in [2.45, 2.75) is 13.3 Å². The number of amides is 2. The number of nitrogens with one attached hydrogen (secondary N) is 1. The molecule has 2 aliphatic rings. The lowest BCUT2D eigenvalue weighted by molar-refractivity contribution is 0.0314. The van der Waals surface area contributed by atoms with Gasteiger partial charge >= 0.3 is 6.03 Å². The second-order valence-corrected chi connectivity index (χ2v) is 6.84. The molecule has 0 spiro atoms. The Hall–Kier alpha value is -1.30. The van der Waals surface area contributed by atoms with E-state index in [1.807, 2.05) is 24.0 Å². The average Bonchev–Trinajstić information content (AvgIpc) is 3.00. The van der Waals surface area contributed by atoms with E-state index in [-0.39, 0.29) is 6.03 Å². The van der Waals surface area contributed by atoms with Crippen LogP contribution in [-0.4, -0.2) is 61.8 Å². The summed E-state index contributed by atoms with van der Waals surface area (Å²) >= 11 is 6.01. The van der Waals surface area contributed by atoms with Crippen LogP contribution in [0.25, 0.3) is 0 Å². The van der Waals surface area contributed by atoms with Crippen molar-refractivity contribution in [2.75, 3.05) is 51.3 Å². The van der Waals surface area contributed by atoms with Crippen molar-refractivity contribution >= 4 is 23.3 Å². The van der Waals surface area contributed by atoms with E-state index < -0.39 is 0 Å². The minimum atomic E-state index is -0.0279. The van der Waals surface area contributed by atoms with Crippen LogP contribution in [0.5, 0.6) is 0 Å². The van der Waals surface area contributed by atoms with Crippen LogP contribution in [0.4, 0.5) is 10.5 Å². The highest BCUT2D eigenvalue weighted by atomic mass is 35.5. The number of nitrogens with zero attached hydrogens (tertiary/aromatic N) is 2. The van der Waals surface area contributed by atoms with Crippen LogP contribution in [0.1, 0.15) is 12.0 Å². The highest BCUT2D eigenvalue weighted by Gasteiger charge is 2.28. The van der Waals surface area contributed by atoms with E-state index in [2.05, 4.69) is 10.2 Å². The maximum atomic E-state index is 12.5. The zero-order valence-corrected chi connectivity index (χ0v) is 14.3. The van der Waals surface area contributed by atoms with Gasteiger partial charge < -0.3 is 15.0 Å². The number of hydrogen-bond donors (Lipinski definition) is 1. The highest BCUT2D eigenvalue weighted by molar-refractivity contribution is 6.31. The molecule has 0 aromatic heterocycles. The summed E-state index contributed by atoms with van der Waals surface area (Å²) in [6, 6.07) is 5.53. The smallest absolute Gasteiger partial charge is 0.321 e. The Morgan fingerprint density at radius 1 is 1.35 bits per heavy atom. The van der Waals surface area contributed by atoms with E-state index in [1.54, 1.807) is 6.07 Å². The third-order valence-corrected chi connectivity index (χ3v) is 4.87. The minimum absolute atomic E-state index is 0.0279. The van der Waals surface area contributed by atoms with Crippen molar-refractivity contribution < 1.29 is 9.53 Å². The Bertz CT molecular complexity index is 561. The van der Waals surface area contributed by atoms with Gasteiger partial charge in [0.1, 0.15) is 0 Å². The number of halogens is 1. The Morgan fingerprint density at radius 3 is 2.91 bits per heavy atom. The lowest BCUT2D eigenvalue weighted by atomic mass is 10.1. The van der Waals surface area contributed by atoms with E-state index >= 15 is 0 Å². The van der Waals surface area contributed by atoms with Crippen LogP contribution in [0.15, 0.2) is 18.2 Å². The molecule has 126 valence electrons. The van der Waals surface area contributed by atoms with Gasteiger partial charge in [0.15, 0.2) is 0 Å². The topological polar surface area (TPSA) is 44.8 Å². The molecule has 1 aromatic carbocycles. The Morgan fingerprint density at radius 2 is 2.13 bits per heavy atom. The second kappa shape index (κ2) is 7.51. The van der Waals surface area contributed by atoms with Crippen LogP contribution in [0, 0.1) is 12.8 Å². The lowest BCUT2D eigenvalue weighted by Crippen LogP contribution is -2.40. The number of carbonyl (C=O) groups is 1. The fourth-order valence-corrected chi connectivity index (χ4v) is 3.41. The number of carbonyl (C=O) groups excluding carboxylic acids is 1. The molecule has 23 heavy (non-hydrogen) atoms. The van der Waals surface area contributed by atoms with Crippen LogP contribution in [-0.2, 0) is 4.74 Å². The second-order valence-electron chi connectivity index (χ2n) is 6.40. The van der Waals surface area contributed by atoms with Crippen LogP contribution < -0.4 is 5.32 Å². The van der Waals surface area contributed by atoms with Gasteiger partial charge in [0, 0.05) is 43.4 Å². The largest absolute Gasteiger partial charge is 0.379 e. The van der Waals surface area contributed by atoms with Gasteiger partial charge in [-0.05, 0) is 37.0 Å². The molecule has 2 amide bonds. The molecule has 0 unspecified atom stereocenters. The molecule has 6 heteroatoms. The maximum absolute atomic E-state index is 12.5. The Balaban J connectivity index is 1.51. The zero-order valence-electron chi connectivity index (χ0n) is 13.6. The van der Waals surface area contributed by atoms with E-state index in [0.717, 1.165) is 63.6 Å². The number of ether oxygens (including phenoxy) is 1. The standard InChI is InChI=1S/C17H24ClN3O2/c1-13-2-3-15(18)10-16(13)19-17(22)21-5-4-14(12-21)11-20-6-8-23-9-7-20/h2-3,10,14H,4-9,11-12H2,1H3,(H,19,22)/t14-/m1/s1. The fraction of sp³-hybridized carbons (Fsp3) is 0.588. The van der Waals surface area contributed by atoms with E-state index in [1.165, 1.54) is 0 Å². The molecule has 0 radical (unpaired) electrons. The van der Waals surface area contributed by atoms with Crippen molar-refractivity contribution in [1.82, 2.24) is 9.80 Å². The number of rotatable bonds is 3. The monoisotopic (exact) mass is 337 g/mol. The first-order valence-corrected chi connectivity index (χ1v) is 8.62.